The van der Waals surface area contributed by atoms with Gasteiger partial charge in [0.1, 0.15) is 5.75 Å². The first-order valence-electron chi connectivity index (χ1n) is 5.95. The summed E-state index contributed by atoms with van der Waals surface area (Å²) in [5.74, 6) is 0.159. The van der Waals surface area contributed by atoms with Crippen LogP contribution in [0.5, 0.6) is 5.75 Å². The minimum absolute atomic E-state index is 0.0185. The lowest BCUT2D eigenvalue weighted by Gasteiger charge is -2.16. The average molecular weight is 259 g/mol. The van der Waals surface area contributed by atoms with E-state index in [1.165, 1.54) is 6.07 Å². The van der Waals surface area contributed by atoms with E-state index < -0.39 is 6.61 Å². The minimum atomic E-state index is -2.81. The lowest BCUT2D eigenvalue weighted by Crippen LogP contribution is -2.22. The van der Waals surface area contributed by atoms with Crippen LogP contribution in [0.1, 0.15) is 31.9 Å². The van der Waals surface area contributed by atoms with Crippen LogP contribution in [0.3, 0.4) is 0 Å². The lowest BCUT2D eigenvalue weighted by molar-refractivity contribution is -0.0499. The van der Waals surface area contributed by atoms with Gasteiger partial charge < -0.3 is 15.2 Å². The molecule has 1 aromatic rings. The summed E-state index contributed by atoms with van der Waals surface area (Å²) < 4.78 is 28.5. The van der Waals surface area contributed by atoms with Crippen molar-refractivity contribution >= 4 is 0 Å². The molecule has 0 aliphatic heterocycles. The second kappa shape index (κ2) is 7.28. The van der Waals surface area contributed by atoms with Crippen molar-refractivity contribution in [2.45, 2.75) is 39.0 Å². The van der Waals surface area contributed by atoms with Crippen molar-refractivity contribution < 1.29 is 18.6 Å². The predicted octanol–water partition coefficient (Wildman–Crippen LogP) is 2.71. The van der Waals surface area contributed by atoms with E-state index in [0.717, 1.165) is 5.56 Å². The standard InChI is InChI=1S/C13H19F2NO2/c1-9(17)6-7-16-10(2)11-4-3-5-12(8-11)18-13(14)15/h3-5,8-10,13,16-17H,6-7H2,1-2H3. The first kappa shape index (κ1) is 14.9. The Bertz CT molecular complexity index is 359. The first-order chi connectivity index (χ1) is 8.49. The Morgan fingerprint density at radius 3 is 2.67 bits per heavy atom. The molecule has 0 aromatic heterocycles. The van der Waals surface area contributed by atoms with Gasteiger partial charge in [0.05, 0.1) is 6.10 Å². The number of ether oxygens (including phenoxy) is 1. The fraction of sp³-hybridized carbons (Fsp3) is 0.538. The van der Waals surface area contributed by atoms with Crippen molar-refractivity contribution in [2.24, 2.45) is 0 Å². The van der Waals surface area contributed by atoms with Crippen molar-refractivity contribution in [3.05, 3.63) is 29.8 Å². The Kier molecular flexibility index (Phi) is 6.01. The summed E-state index contributed by atoms with van der Waals surface area (Å²) in [5, 5.41) is 12.3. The van der Waals surface area contributed by atoms with E-state index >= 15 is 0 Å². The van der Waals surface area contributed by atoms with E-state index in [4.69, 9.17) is 5.11 Å². The van der Waals surface area contributed by atoms with Crippen LogP contribution >= 0.6 is 0 Å². The van der Waals surface area contributed by atoms with Gasteiger partial charge in [0.25, 0.3) is 0 Å². The van der Waals surface area contributed by atoms with Gasteiger partial charge in [0.2, 0.25) is 0 Å². The molecule has 0 amide bonds. The van der Waals surface area contributed by atoms with Crippen LogP contribution < -0.4 is 10.1 Å². The first-order valence-corrected chi connectivity index (χ1v) is 5.95. The topological polar surface area (TPSA) is 41.5 Å². The van der Waals surface area contributed by atoms with Gasteiger partial charge in [0, 0.05) is 6.04 Å². The monoisotopic (exact) mass is 259 g/mol. The second-order valence-electron chi connectivity index (χ2n) is 4.26. The molecule has 1 aromatic carbocycles. The maximum absolute atomic E-state index is 12.1. The molecule has 0 fully saturated rings. The van der Waals surface area contributed by atoms with E-state index in [2.05, 4.69) is 10.1 Å². The van der Waals surface area contributed by atoms with Crippen molar-refractivity contribution in [3.8, 4) is 5.75 Å². The van der Waals surface area contributed by atoms with Crippen molar-refractivity contribution in [3.63, 3.8) is 0 Å². The Hall–Kier alpha value is -1.20. The smallest absolute Gasteiger partial charge is 0.387 e. The van der Waals surface area contributed by atoms with E-state index in [9.17, 15) is 8.78 Å². The molecule has 2 atom stereocenters. The number of benzene rings is 1. The molecule has 1 rings (SSSR count). The zero-order valence-electron chi connectivity index (χ0n) is 10.6. The fourth-order valence-electron chi connectivity index (χ4n) is 1.59. The maximum atomic E-state index is 12.1. The Morgan fingerprint density at radius 1 is 1.33 bits per heavy atom. The summed E-state index contributed by atoms with van der Waals surface area (Å²) >= 11 is 0. The molecule has 0 bridgehead atoms. The predicted molar refractivity (Wildman–Crippen MR) is 65.8 cm³/mol. The van der Waals surface area contributed by atoms with Crippen molar-refractivity contribution in [1.82, 2.24) is 5.32 Å². The van der Waals surface area contributed by atoms with Gasteiger partial charge >= 0.3 is 6.61 Å². The van der Waals surface area contributed by atoms with Gasteiger partial charge in [-0.2, -0.15) is 8.78 Å². The number of hydrogen-bond donors (Lipinski definition) is 2. The van der Waals surface area contributed by atoms with Gasteiger partial charge in [-0.3, -0.25) is 0 Å². The molecule has 0 heterocycles. The molecule has 18 heavy (non-hydrogen) atoms. The molecule has 102 valence electrons. The van der Waals surface area contributed by atoms with Crippen LogP contribution in [0.15, 0.2) is 24.3 Å². The van der Waals surface area contributed by atoms with Gasteiger partial charge in [-0.05, 0) is 44.5 Å². The summed E-state index contributed by atoms with van der Waals surface area (Å²) in [7, 11) is 0. The highest BCUT2D eigenvalue weighted by molar-refractivity contribution is 5.30. The van der Waals surface area contributed by atoms with Crippen LogP contribution in [-0.2, 0) is 0 Å². The summed E-state index contributed by atoms with van der Waals surface area (Å²) in [4.78, 5) is 0. The summed E-state index contributed by atoms with van der Waals surface area (Å²) in [6.45, 7) is 1.52. The SMILES string of the molecule is CC(O)CCNC(C)c1cccc(OC(F)F)c1. The Morgan fingerprint density at radius 2 is 2.06 bits per heavy atom. The molecule has 2 N–H and O–H groups in total. The second-order valence-corrected chi connectivity index (χ2v) is 4.26. The largest absolute Gasteiger partial charge is 0.435 e. The van der Waals surface area contributed by atoms with Crippen molar-refractivity contribution in [2.75, 3.05) is 6.54 Å². The zero-order valence-corrected chi connectivity index (χ0v) is 10.6. The third kappa shape index (κ3) is 5.42. The van der Waals surface area contributed by atoms with Gasteiger partial charge in [-0.25, -0.2) is 0 Å². The summed E-state index contributed by atoms with van der Waals surface area (Å²) in [6, 6.07) is 6.63. The molecular formula is C13H19F2NO2. The lowest BCUT2D eigenvalue weighted by atomic mass is 10.1. The number of hydrogen-bond acceptors (Lipinski definition) is 3. The van der Waals surface area contributed by atoms with Crippen LogP contribution in [0.4, 0.5) is 8.78 Å². The molecule has 0 saturated heterocycles. The Labute approximate surface area is 106 Å². The third-order valence-electron chi connectivity index (χ3n) is 2.60. The number of aliphatic hydroxyl groups is 1. The zero-order chi connectivity index (χ0) is 13.5. The molecular weight excluding hydrogens is 240 g/mol. The quantitative estimate of drug-likeness (QED) is 0.791. The number of alkyl halides is 2. The van der Waals surface area contributed by atoms with Crippen LogP contribution in [0.2, 0.25) is 0 Å². The van der Waals surface area contributed by atoms with E-state index in [-0.39, 0.29) is 17.9 Å². The average Bonchev–Trinajstić information content (AvgIpc) is 2.27. The highest BCUT2D eigenvalue weighted by Crippen LogP contribution is 2.20. The van der Waals surface area contributed by atoms with Gasteiger partial charge in [0.15, 0.2) is 0 Å². The fourth-order valence-corrected chi connectivity index (χ4v) is 1.59. The molecule has 0 aliphatic carbocycles. The number of aliphatic hydroxyl groups excluding tert-OH is 1. The molecule has 3 nitrogen and oxygen atoms in total. The molecule has 2 unspecified atom stereocenters. The number of nitrogens with one attached hydrogen (secondary N) is 1. The molecule has 0 spiro atoms. The van der Waals surface area contributed by atoms with E-state index in [1.54, 1.807) is 19.1 Å². The summed E-state index contributed by atoms with van der Waals surface area (Å²) in [5.41, 5.74) is 0.874. The minimum Gasteiger partial charge on any atom is -0.435 e. The number of rotatable bonds is 7. The molecule has 5 heteroatoms. The highest BCUT2D eigenvalue weighted by Gasteiger charge is 2.08. The van der Waals surface area contributed by atoms with Crippen LogP contribution in [0.25, 0.3) is 0 Å². The van der Waals surface area contributed by atoms with Gasteiger partial charge in [-0.15, -0.1) is 0 Å². The van der Waals surface area contributed by atoms with Crippen LogP contribution in [-0.4, -0.2) is 24.4 Å². The normalized spacial score (nSPS) is 14.6. The molecule has 0 saturated carbocycles. The van der Waals surface area contributed by atoms with Gasteiger partial charge in [-0.1, -0.05) is 12.1 Å². The Balaban J connectivity index is 2.54. The van der Waals surface area contributed by atoms with Crippen molar-refractivity contribution in [1.29, 1.82) is 0 Å². The van der Waals surface area contributed by atoms with E-state index in [1.807, 2.05) is 13.0 Å². The van der Waals surface area contributed by atoms with Crippen LogP contribution in [0, 0.1) is 0 Å². The maximum Gasteiger partial charge on any atom is 0.387 e. The molecule has 0 aliphatic rings. The summed E-state index contributed by atoms with van der Waals surface area (Å²) in [6.07, 6.45) is 0.301. The van der Waals surface area contributed by atoms with E-state index in [0.29, 0.717) is 13.0 Å². The number of halogens is 2. The highest BCUT2D eigenvalue weighted by atomic mass is 19.3. The third-order valence-corrected chi connectivity index (χ3v) is 2.60. The molecule has 0 radical (unpaired) electrons.